The summed E-state index contributed by atoms with van der Waals surface area (Å²) in [6.45, 7) is 3.35. The molecular weight excluding hydrogens is 296 g/mol. The summed E-state index contributed by atoms with van der Waals surface area (Å²) in [5, 5.41) is 12.0. The maximum Gasteiger partial charge on any atom is 0.251 e. The number of benzene rings is 1. The number of hydrogen-bond acceptors (Lipinski definition) is 6. The second-order valence-electron chi connectivity index (χ2n) is 5.73. The Morgan fingerprint density at radius 2 is 1.96 bits per heavy atom. The third-order valence-electron chi connectivity index (χ3n) is 3.22. The first-order chi connectivity index (χ1) is 10.8. The lowest BCUT2D eigenvalue weighted by Crippen LogP contribution is -2.46. The molecule has 1 aromatic carbocycles. The number of nitrogen functional groups attached to an aromatic ring is 1. The Balaban J connectivity index is 2.23. The van der Waals surface area contributed by atoms with Gasteiger partial charge in [0.1, 0.15) is 0 Å². The zero-order chi connectivity index (χ0) is 17.0. The summed E-state index contributed by atoms with van der Waals surface area (Å²) >= 11 is 0. The minimum Gasteiger partial charge on any atom is -0.481 e. The van der Waals surface area contributed by atoms with Crippen molar-refractivity contribution in [2.75, 3.05) is 19.5 Å². The van der Waals surface area contributed by atoms with Crippen molar-refractivity contribution in [3.05, 3.63) is 35.9 Å². The lowest BCUT2D eigenvalue weighted by molar-refractivity contribution is 0.0869. The van der Waals surface area contributed by atoms with Crippen molar-refractivity contribution in [2.45, 2.75) is 19.4 Å². The molecule has 7 heteroatoms. The molecule has 0 aliphatic carbocycles. The summed E-state index contributed by atoms with van der Waals surface area (Å²) in [6, 6.07) is 8.57. The van der Waals surface area contributed by atoms with Crippen molar-refractivity contribution < 1.29 is 14.6 Å². The van der Waals surface area contributed by atoms with E-state index in [4.69, 9.17) is 10.5 Å². The first kappa shape index (κ1) is 16.7. The molecule has 2 rings (SSSR count). The number of rotatable bonds is 5. The minimum absolute atomic E-state index is 0.117. The maximum absolute atomic E-state index is 12.1. The number of carbonyl (C=O) groups is 1. The van der Waals surface area contributed by atoms with E-state index in [9.17, 15) is 9.90 Å². The van der Waals surface area contributed by atoms with Gasteiger partial charge in [-0.3, -0.25) is 4.79 Å². The van der Waals surface area contributed by atoms with Gasteiger partial charge >= 0.3 is 0 Å². The van der Waals surface area contributed by atoms with E-state index in [2.05, 4.69) is 15.3 Å². The van der Waals surface area contributed by atoms with Crippen LogP contribution in [0, 0.1) is 0 Å². The van der Waals surface area contributed by atoms with Gasteiger partial charge in [0.2, 0.25) is 11.8 Å². The SMILES string of the molecule is COc1cc(-c2ccc(C(=O)NC(C)(C)CO)cc2)nc(N)n1. The van der Waals surface area contributed by atoms with Crippen molar-refractivity contribution >= 4 is 11.9 Å². The topological polar surface area (TPSA) is 110 Å². The molecule has 7 nitrogen and oxygen atoms in total. The van der Waals surface area contributed by atoms with Gasteiger partial charge in [-0.2, -0.15) is 4.98 Å². The highest BCUT2D eigenvalue weighted by Crippen LogP contribution is 2.22. The fraction of sp³-hybridized carbons (Fsp3) is 0.312. The van der Waals surface area contributed by atoms with Gasteiger partial charge in [0, 0.05) is 17.2 Å². The molecule has 0 radical (unpaired) electrons. The van der Waals surface area contributed by atoms with E-state index in [1.807, 2.05) is 0 Å². The molecule has 0 unspecified atom stereocenters. The molecule has 0 saturated heterocycles. The number of aromatic nitrogens is 2. The third-order valence-corrected chi connectivity index (χ3v) is 3.22. The van der Waals surface area contributed by atoms with Gasteiger partial charge < -0.3 is 20.9 Å². The summed E-state index contributed by atoms with van der Waals surface area (Å²) in [5.74, 6) is 0.236. The van der Waals surface area contributed by atoms with E-state index < -0.39 is 5.54 Å². The van der Waals surface area contributed by atoms with E-state index in [1.54, 1.807) is 44.2 Å². The second kappa shape index (κ2) is 6.62. The lowest BCUT2D eigenvalue weighted by Gasteiger charge is -2.23. The number of aliphatic hydroxyl groups excluding tert-OH is 1. The Bertz CT molecular complexity index is 699. The van der Waals surface area contributed by atoms with Crippen LogP contribution in [-0.4, -0.2) is 40.2 Å². The largest absolute Gasteiger partial charge is 0.481 e. The van der Waals surface area contributed by atoms with E-state index in [0.717, 1.165) is 5.56 Å². The number of ether oxygens (including phenoxy) is 1. The highest BCUT2D eigenvalue weighted by atomic mass is 16.5. The van der Waals surface area contributed by atoms with Crippen LogP contribution in [0.3, 0.4) is 0 Å². The summed E-state index contributed by atoms with van der Waals surface area (Å²) in [5.41, 5.74) is 6.85. The van der Waals surface area contributed by atoms with Gasteiger partial charge in [0.05, 0.1) is 24.9 Å². The Labute approximate surface area is 134 Å². The molecule has 0 saturated carbocycles. The Morgan fingerprint density at radius 1 is 1.30 bits per heavy atom. The normalized spacial score (nSPS) is 11.1. The third kappa shape index (κ3) is 4.17. The number of methoxy groups -OCH3 is 1. The molecule has 0 aliphatic rings. The molecule has 1 heterocycles. The summed E-state index contributed by atoms with van der Waals surface area (Å²) in [6.07, 6.45) is 0. The Kier molecular flexibility index (Phi) is 4.80. The maximum atomic E-state index is 12.1. The van der Waals surface area contributed by atoms with Gasteiger partial charge in [-0.25, -0.2) is 4.98 Å². The predicted octanol–water partition coefficient (Wildman–Crippen LogP) is 1.24. The molecule has 0 aliphatic heterocycles. The smallest absolute Gasteiger partial charge is 0.251 e. The summed E-state index contributed by atoms with van der Waals surface area (Å²) in [4.78, 5) is 20.2. The Hall–Kier alpha value is -2.67. The van der Waals surface area contributed by atoms with Crippen LogP contribution in [0.2, 0.25) is 0 Å². The van der Waals surface area contributed by atoms with Crippen molar-refractivity contribution in [1.82, 2.24) is 15.3 Å². The van der Waals surface area contributed by atoms with Gasteiger partial charge in [0.25, 0.3) is 5.91 Å². The van der Waals surface area contributed by atoms with E-state index in [1.165, 1.54) is 7.11 Å². The molecule has 2 aromatic rings. The molecular formula is C16H20N4O3. The Morgan fingerprint density at radius 3 is 2.52 bits per heavy atom. The average molecular weight is 316 g/mol. The second-order valence-corrected chi connectivity index (χ2v) is 5.73. The first-order valence-corrected chi connectivity index (χ1v) is 7.07. The van der Waals surface area contributed by atoms with Crippen molar-refractivity contribution in [3.8, 4) is 17.1 Å². The van der Waals surface area contributed by atoms with E-state index in [0.29, 0.717) is 17.1 Å². The van der Waals surface area contributed by atoms with Crippen molar-refractivity contribution in [1.29, 1.82) is 0 Å². The summed E-state index contributed by atoms with van der Waals surface area (Å²) in [7, 11) is 1.50. The van der Waals surface area contributed by atoms with E-state index in [-0.39, 0.29) is 18.5 Å². The number of aliphatic hydroxyl groups is 1. The number of carbonyl (C=O) groups excluding carboxylic acids is 1. The first-order valence-electron chi connectivity index (χ1n) is 7.07. The molecule has 1 amide bonds. The number of nitrogens with one attached hydrogen (secondary N) is 1. The van der Waals surface area contributed by atoms with Crippen LogP contribution in [0.25, 0.3) is 11.3 Å². The molecule has 23 heavy (non-hydrogen) atoms. The molecule has 0 atom stereocenters. The summed E-state index contributed by atoms with van der Waals surface area (Å²) < 4.78 is 5.07. The fourth-order valence-corrected chi connectivity index (χ4v) is 1.91. The van der Waals surface area contributed by atoms with Crippen LogP contribution in [0.4, 0.5) is 5.95 Å². The van der Waals surface area contributed by atoms with Crippen LogP contribution in [0.5, 0.6) is 5.88 Å². The van der Waals surface area contributed by atoms with Gasteiger partial charge in [-0.1, -0.05) is 12.1 Å². The zero-order valence-corrected chi connectivity index (χ0v) is 13.3. The zero-order valence-electron chi connectivity index (χ0n) is 13.3. The quantitative estimate of drug-likeness (QED) is 0.765. The average Bonchev–Trinajstić information content (AvgIpc) is 2.54. The van der Waals surface area contributed by atoms with Crippen LogP contribution in [-0.2, 0) is 0 Å². The number of amides is 1. The van der Waals surface area contributed by atoms with E-state index >= 15 is 0 Å². The van der Waals surface area contributed by atoms with Gasteiger partial charge in [0.15, 0.2) is 0 Å². The molecule has 0 bridgehead atoms. The molecule has 0 fully saturated rings. The highest BCUT2D eigenvalue weighted by molar-refractivity contribution is 5.95. The predicted molar refractivity (Wildman–Crippen MR) is 87.1 cm³/mol. The van der Waals surface area contributed by atoms with Crippen LogP contribution in [0.15, 0.2) is 30.3 Å². The molecule has 1 aromatic heterocycles. The number of nitrogens with two attached hydrogens (primary N) is 1. The molecule has 4 N–H and O–H groups in total. The number of nitrogens with zero attached hydrogens (tertiary/aromatic N) is 2. The number of hydrogen-bond donors (Lipinski definition) is 3. The molecule has 0 spiro atoms. The van der Waals surface area contributed by atoms with Crippen LogP contribution in [0.1, 0.15) is 24.2 Å². The standard InChI is InChI=1S/C16H20N4O3/c1-16(2,9-21)20-14(22)11-6-4-10(5-7-11)12-8-13(23-3)19-15(17)18-12/h4-8,21H,9H2,1-3H3,(H,20,22)(H2,17,18,19). The lowest BCUT2D eigenvalue weighted by atomic mass is 10.0. The van der Waals surface area contributed by atoms with Crippen LogP contribution < -0.4 is 15.8 Å². The molecule has 122 valence electrons. The van der Waals surface area contributed by atoms with Gasteiger partial charge in [-0.05, 0) is 26.0 Å². The fourth-order valence-electron chi connectivity index (χ4n) is 1.91. The minimum atomic E-state index is -0.676. The number of anilines is 1. The van der Waals surface area contributed by atoms with Crippen LogP contribution >= 0.6 is 0 Å². The van der Waals surface area contributed by atoms with Crippen molar-refractivity contribution in [3.63, 3.8) is 0 Å². The van der Waals surface area contributed by atoms with Gasteiger partial charge in [-0.15, -0.1) is 0 Å². The monoisotopic (exact) mass is 316 g/mol. The van der Waals surface area contributed by atoms with Crippen molar-refractivity contribution in [2.24, 2.45) is 0 Å². The highest BCUT2D eigenvalue weighted by Gasteiger charge is 2.20.